The number of benzene rings is 2. The molecule has 0 spiro atoms. The Morgan fingerprint density at radius 1 is 1.05 bits per heavy atom. The molecule has 6 heteroatoms. The maximum absolute atomic E-state index is 12.5. The van der Waals surface area contributed by atoms with E-state index in [1.165, 1.54) is 6.07 Å². The predicted octanol–water partition coefficient (Wildman–Crippen LogP) is 3.76. The van der Waals surface area contributed by atoms with Crippen molar-refractivity contribution in [2.24, 2.45) is 0 Å². The zero-order valence-corrected chi connectivity index (χ0v) is 14.5. The van der Waals surface area contributed by atoms with Crippen molar-refractivity contribution in [2.45, 2.75) is 25.7 Å². The second-order valence-electron chi connectivity index (χ2n) is 5.02. The minimum absolute atomic E-state index is 0.169. The van der Waals surface area contributed by atoms with Crippen molar-refractivity contribution < 1.29 is 8.42 Å². The minimum atomic E-state index is -3.67. The molecular weight excluding hydrogens is 352 g/mol. The predicted molar refractivity (Wildman–Crippen MR) is 90.0 cm³/mol. The highest BCUT2D eigenvalue weighted by molar-refractivity contribution is 9.10. The van der Waals surface area contributed by atoms with E-state index in [2.05, 4.69) is 20.7 Å². The van der Waals surface area contributed by atoms with Gasteiger partial charge in [0.1, 0.15) is 0 Å². The smallest absolute Gasteiger partial charge is 0.261 e. The number of rotatable bonds is 3. The molecule has 21 heavy (non-hydrogen) atoms. The topological polar surface area (TPSA) is 72.2 Å². The molecule has 0 fully saturated rings. The van der Waals surface area contributed by atoms with Crippen LogP contribution in [0, 0.1) is 20.8 Å². The minimum Gasteiger partial charge on any atom is -0.398 e. The van der Waals surface area contributed by atoms with Gasteiger partial charge in [-0.2, -0.15) is 0 Å². The third-order valence-electron chi connectivity index (χ3n) is 3.44. The maximum atomic E-state index is 12.5. The lowest BCUT2D eigenvalue weighted by Crippen LogP contribution is -2.14. The van der Waals surface area contributed by atoms with E-state index in [1.54, 1.807) is 12.1 Å². The molecule has 0 aliphatic carbocycles. The summed E-state index contributed by atoms with van der Waals surface area (Å²) in [4.78, 5) is 0.169. The van der Waals surface area contributed by atoms with E-state index in [1.807, 2.05) is 32.9 Å². The summed E-state index contributed by atoms with van der Waals surface area (Å²) in [6.07, 6.45) is 0. The molecule has 0 aliphatic heterocycles. The fraction of sp³-hybridized carbons (Fsp3) is 0.200. The molecule has 0 amide bonds. The Balaban J connectivity index is 2.46. The molecule has 0 radical (unpaired) electrons. The summed E-state index contributed by atoms with van der Waals surface area (Å²) in [7, 11) is -3.67. The van der Waals surface area contributed by atoms with E-state index < -0.39 is 10.0 Å². The summed E-state index contributed by atoms with van der Waals surface area (Å²) in [6.45, 7) is 5.56. The van der Waals surface area contributed by atoms with E-state index in [0.29, 0.717) is 11.4 Å². The highest BCUT2D eigenvalue weighted by atomic mass is 79.9. The SMILES string of the molecule is Cc1ccc(Br)cc1NS(=O)(=O)c1cc(C)c(C)c(N)c1. The lowest BCUT2D eigenvalue weighted by Gasteiger charge is -2.13. The van der Waals surface area contributed by atoms with Gasteiger partial charge >= 0.3 is 0 Å². The van der Waals surface area contributed by atoms with Gasteiger partial charge in [0.05, 0.1) is 10.6 Å². The number of nitrogen functional groups attached to an aromatic ring is 1. The molecule has 0 saturated heterocycles. The fourth-order valence-electron chi connectivity index (χ4n) is 1.92. The van der Waals surface area contributed by atoms with Gasteiger partial charge in [-0.1, -0.05) is 22.0 Å². The number of nitrogens with two attached hydrogens (primary N) is 1. The first-order chi connectivity index (χ1) is 9.70. The van der Waals surface area contributed by atoms with E-state index in [4.69, 9.17) is 5.73 Å². The van der Waals surface area contributed by atoms with Gasteiger partial charge in [-0.05, 0) is 61.7 Å². The van der Waals surface area contributed by atoms with E-state index in [-0.39, 0.29) is 4.90 Å². The van der Waals surface area contributed by atoms with Crippen molar-refractivity contribution >= 4 is 37.3 Å². The lowest BCUT2D eigenvalue weighted by molar-refractivity contribution is 0.601. The van der Waals surface area contributed by atoms with Crippen LogP contribution in [0.5, 0.6) is 0 Å². The molecule has 3 N–H and O–H groups in total. The van der Waals surface area contributed by atoms with Crippen LogP contribution in [0.15, 0.2) is 39.7 Å². The molecule has 2 aromatic rings. The van der Waals surface area contributed by atoms with Gasteiger partial charge in [0.25, 0.3) is 10.0 Å². The van der Waals surface area contributed by atoms with Gasteiger partial charge in [-0.25, -0.2) is 8.42 Å². The molecule has 4 nitrogen and oxygen atoms in total. The third-order valence-corrected chi connectivity index (χ3v) is 5.27. The number of nitrogens with one attached hydrogen (secondary N) is 1. The van der Waals surface area contributed by atoms with Gasteiger partial charge < -0.3 is 5.73 Å². The first-order valence-electron chi connectivity index (χ1n) is 6.36. The summed E-state index contributed by atoms with van der Waals surface area (Å²) in [5, 5.41) is 0. The number of aryl methyl sites for hydroxylation is 2. The first-order valence-corrected chi connectivity index (χ1v) is 8.64. The summed E-state index contributed by atoms with van der Waals surface area (Å²) < 4.78 is 28.4. The van der Waals surface area contributed by atoms with Crippen molar-refractivity contribution in [3.05, 3.63) is 51.5 Å². The zero-order chi connectivity index (χ0) is 15.8. The standard InChI is InChI=1S/C15H17BrN2O2S/c1-9-4-5-12(16)7-15(9)18-21(19,20)13-6-10(2)11(3)14(17)8-13/h4-8,18H,17H2,1-3H3. The van der Waals surface area contributed by atoms with Crippen molar-refractivity contribution in [1.29, 1.82) is 0 Å². The van der Waals surface area contributed by atoms with Crippen LogP contribution in [-0.4, -0.2) is 8.42 Å². The number of halogens is 1. The summed E-state index contributed by atoms with van der Waals surface area (Å²) in [5.41, 5.74) is 9.47. The van der Waals surface area contributed by atoms with Crippen LogP contribution < -0.4 is 10.5 Å². The Morgan fingerprint density at radius 3 is 2.33 bits per heavy atom. The molecule has 0 bridgehead atoms. The Labute approximate surface area is 133 Å². The lowest BCUT2D eigenvalue weighted by atomic mass is 10.1. The third kappa shape index (κ3) is 3.39. The van der Waals surface area contributed by atoms with Gasteiger partial charge in [-0.15, -0.1) is 0 Å². The highest BCUT2D eigenvalue weighted by Gasteiger charge is 2.17. The Kier molecular flexibility index (Phi) is 4.30. The van der Waals surface area contributed by atoms with Crippen LogP contribution in [0.3, 0.4) is 0 Å². The van der Waals surface area contributed by atoms with Crippen LogP contribution in [0.25, 0.3) is 0 Å². The molecule has 0 atom stereocenters. The molecule has 0 heterocycles. The molecule has 2 rings (SSSR count). The second-order valence-corrected chi connectivity index (χ2v) is 7.62. The first kappa shape index (κ1) is 15.9. The van der Waals surface area contributed by atoms with Gasteiger partial charge in [-0.3, -0.25) is 4.72 Å². The van der Waals surface area contributed by atoms with Gasteiger partial charge in [0, 0.05) is 10.2 Å². The summed E-state index contributed by atoms with van der Waals surface area (Å²) in [6, 6.07) is 8.55. The zero-order valence-electron chi connectivity index (χ0n) is 12.1. The summed E-state index contributed by atoms with van der Waals surface area (Å²) in [5.74, 6) is 0. The van der Waals surface area contributed by atoms with E-state index in [0.717, 1.165) is 21.2 Å². The maximum Gasteiger partial charge on any atom is 0.261 e. The molecule has 0 aromatic heterocycles. The number of sulfonamides is 1. The van der Waals surface area contributed by atoms with Crippen LogP contribution >= 0.6 is 15.9 Å². The van der Waals surface area contributed by atoms with Crippen molar-refractivity contribution in [1.82, 2.24) is 0 Å². The normalized spacial score (nSPS) is 11.4. The van der Waals surface area contributed by atoms with Crippen LogP contribution in [0.2, 0.25) is 0 Å². The number of anilines is 2. The Morgan fingerprint density at radius 2 is 1.71 bits per heavy atom. The quantitative estimate of drug-likeness (QED) is 0.810. The fourth-order valence-corrected chi connectivity index (χ4v) is 3.52. The molecule has 0 saturated carbocycles. The molecule has 112 valence electrons. The highest BCUT2D eigenvalue weighted by Crippen LogP contribution is 2.26. The molecule has 0 aliphatic rings. The Bertz CT molecular complexity index is 778. The largest absolute Gasteiger partial charge is 0.398 e. The number of hydrogen-bond donors (Lipinski definition) is 2. The van der Waals surface area contributed by atoms with Crippen LogP contribution in [0.1, 0.15) is 16.7 Å². The monoisotopic (exact) mass is 368 g/mol. The van der Waals surface area contributed by atoms with Crippen LogP contribution in [0.4, 0.5) is 11.4 Å². The average Bonchev–Trinajstić information content (AvgIpc) is 2.39. The van der Waals surface area contributed by atoms with Crippen LogP contribution in [-0.2, 0) is 10.0 Å². The van der Waals surface area contributed by atoms with Gasteiger partial charge in [0.2, 0.25) is 0 Å². The van der Waals surface area contributed by atoms with Gasteiger partial charge in [0.15, 0.2) is 0 Å². The van der Waals surface area contributed by atoms with Crippen molar-refractivity contribution in [3.8, 4) is 0 Å². The second kappa shape index (κ2) is 5.69. The summed E-state index contributed by atoms with van der Waals surface area (Å²) >= 11 is 3.34. The molecular formula is C15H17BrN2O2S. The van der Waals surface area contributed by atoms with E-state index >= 15 is 0 Å². The Hall–Kier alpha value is -1.53. The van der Waals surface area contributed by atoms with E-state index in [9.17, 15) is 8.42 Å². The van der Waals surface area contributed by atoms with Crippen molar-refractivity contribution in [3.63, 3.8) is 0 Å². The molecule has 0 unspecified atom stereocenters. The number of hydrogen-bond acceptors (Lipinski definition) is 3. The molecule has 2 aromatic carbocycles. The van der Waals surface area contributed by atoms with Crippen molar-refractivity contribution in [2.75, 3.05) is 10.5 Å². The average molecular weight is 369 g/mol.